The second kappa shape index (κ2) is 7.88. The third kappa shape index (κ3) is 4.05. The molecule has 8 heteroatoms. The number of halogens is 1. The minimum absolute atomic E-state index is 0.114. The van der Waals surface area contributed by atoms with E-state index in [9.17, 15) is 9.59 Å². The summed E-state index contributed by atoms with van der Waals surface area (Å²) in [4.78, 5) is 24.7. The Labute approximate surface area is 160 Å². The summed E-state index contributed by atoms with van der Waals surface area (Å²) in [6, 6.07) is 9.52. The first kappa shape index (κ1) is 18.4. The summed E-state index contributed by atoms with van der Waals surface area (Å²) in [6.07, 6.45) is 0. The maximum absolute atomic E-state index is 12.3. The molecule has 0 aliphatic carbocycles. The van der Waals surface area contributed by atoms with Crippen LogP contribution < -0.4 is 10.6 Å². The van der Waals surface area contributed by atoms with Gasteiger partial charge in [-0.05, 0) is 24.6 Å². The number of carbonyl (C=O) groups is 2. The molecule has 0 spiro atoms. The second-order valence-electron chi connectivity index (χ2n) is 5.90. The van der Waals surface area contributed by atoms with E-state index in [0.717, 1.165) is 21.5 Å². The van der Waals surface area contributed by atoms with E-state index in [2.05, 4.69) is 15.7 Å². The van der Waals surface area contributed by atoms with E-state index < -0.39 is 0 Å². The van der Waals surface area contributed by atoms with Gasteiger partial charge in [-0.25, -0.2) is 0 Å². The Kier molecular flexibility index (Phi) is 5.58. The van der Waals surface area contributed by atoms with Gasteiger partial charge in [0.15, 0.2) is 0 Å². The Morgan fingerprint density at radius 1 is 1.23 bits per heavy atom. The van der Waals surface area contributed by atoms with E-state index in [1.54, 1.807) is 0 Å². The summed E-state index contributed by atoms with van der Waals surface area (Å²) in [5.41, 5.74) is 1.86. The first-order valence-electron chi connectivity index (χ1n) is 8.18. The molecule has 0 fully saturated rings. The van der Waals surface area contributed by atoms with Crippen molar-refractivity contribution in [2.45, 2.75) is 20.4 Å². The van der Waals surface area contributed by atoms with Gasteiger partial charge in [-0.3, -0.25) is 14.3 Å². The first-order chi connectivity index (χ1) is 12.5. The van der Waals surface area contributed by atoms with Crippen molar-refractivity contribution >= 4 is 45.0 Å². The fourth-order valence-electron chi connectivity index (χ4n) is 2.62. The number of benzene rings is 1. The van der Waals surface area contributed by atoms with Gasteiger partial charge in [-0.1, -0.05) is 29.8 Å². The lowest BCUT2D eigenvalue weighted by Crippen LogP contribution is -2.33. The summed E-state index contributed by atoms with van der Waals surface area (Å²) in [7, 11) is 0. The molecule has 2 aromatic heterocycles. The predicted octanol–water partition coefficient (Wildman–Crippen LogP) is 2.97. The van der Waals surface area contributed by atoms with Crippen molar-refractivity contribution in [1.29, 1.82) is 0 Å². The first-order valence-corrected chi connectivity index (χ1v) is 9.38. The molecular formula is C18H19ClN4O2S. The van der Waals surface area contributed by atoms with Crippen LogP contribution in [-0.4, -0.2) is 34.7 Å². The fraction of sp³-hybridized carbons (Fsp3) is 0.278. The molecule has 0 radical (unpaired) electrons. The van der Waals surface area contributed by atoms with Crippen LogP contribution in [0.15, 0.2) is 30.3 Å². The monoisotopic (exact) mass is 390 g/mol. The highest BCUT2D eigenvalue weighted by Gasteiger charge is 2.16. The summed E-state index contributed by atoms with van der Waals surface area (Å²) >= 11 is 7.65. The van der Waals surface area contributed by atoms with Gasteiger partial charge in [0, 0.05) is 30.4 Å². The molecule has 2 N–H and O–H groups in total. The van der Waals surface area contributed by atoms with Crippen molar-refractivity contribution in [2.75, 3.05) is 13.1 Å². The quantitative estimate of drug-likeness (QED) is 0.635. The largest absolute Gasteiger partial charge is 0.355 e. The number of nitrogens with one attached hydrogen (secondary N) is 2. The zero-order valence-electron chi connectivity index (χ0n) is 14.5. The van der Waals surface area contributed by atoms with Gasteiger partial charge in [-0.15, -0.1) is 11.3 Å². The fourth-order valence-corrected chi connectivity index (χ4v) is 3.89. The Bertz CT molecular complexity index is 963. The average Bonchev–Trinajstić information content (AvgIpc) is 3.15. The number of hydrogen-bond acceptors (Lipinski definition) is 4. The number of amides is 2. The van der Waals surface area contributed by atoms with Crippen molar-refractivity contribution in [3.63, 3.8) is 0 Å². The zero-order chi connectivity index (χ0) is 18.7. The number of fused-ring (bicyclic) bond motifs is 1. The highest BCUT2D eigenvalue weighted by molar-refractivity contribution is 7.20. The van der Waals surface area contributed by atoms with Gasteiger partial charge in [-0.2, -0.15) is 5.10 Å². The Morgan fingerprint density at radius 3 is 2.69 bits per heavy atom. The third-order valence-electron chi connectivity index (χ3n) is 3.89. The second-order valence-corrected chi connectivity index (χ2v) is 7.34. The molecule has 0 atom stereocenters. The number of aromatic nitrogens is 2. The standard InChI is InChI=1S/C18H19ClN4O2S/c1-11-14-9-16(17(25)21-8-7-20-12(2)24)26-18(14)23(22-11)10-13-5-3-4-6-15(13)19/h3-6,9H,7-8,10H2,1-2H3,(H,20,24)(H,21,25). The Morgan fingerprint density at radius 2 is 1.96 bits per heavy atom. The molecule has 0 saturated carbocycles. The SMILES string of the molecule is CC(=O)NCCNC(=O)c1cc2c(C)nn(Cc3ccccc3Cl)c2s1. The molecule has 6 nitrogen and oxygen atoms in total. The maximum atomic E-state index is 12.3. The molecule has 2 amide bonds. The normalized spacial score (nSPS) is 10.9. The van der Waals surface area contributed by atoms with Crippen molar-refractivity contribution < 1.29 is 9.59 Å². The van der Waals surface area contributed by atoms with Crippen LogP contribution >= 0.6 is 22.9 Å². The van der Waals surface area contributed by atoms with Crippen molar-refractivity contribution in [1.82, 2.24) is 20.4 Å². The smallest absolute Gasteiger partial charge is 0.261 e. The molecule has 0 aliphatic heterocycles. The maximum Gasteiger partial charge on any atom is 0.261 e. The predicted molar refractivity (Wildman–Crippen MR) is 104 cm³/mol. The van der Waals surface area contributed by atoms with Crippen LogP contribution in [0.1, 0.15) is 27.9 Å². The minimum atomic E-state index is -0.153. The van der Waals surface area contributed by atoms with E-state index in [1.807, 2.05) is 41.9 Å². The highest BCUT2D eigenvalue weighted by Crippen LogP contribution is 2.29. The van der Waals surface area contributed by atoms with Gasteiger partial charge < -0.3 is 10.6 Å². The molecule has 3 rings (SSSR count). The van der Waals surface area contributed by atoms with Crippen LogP contribution in [0, 0.1) is 6.92 Å². The van der Waals surface area contributed by atoms with Crippen molar-refractivity contribution in [2.24, 2.45) is 0 Å². The molecule has 26 heavy (non-hydrogen) atoms. The van der Waals surface area contributed by atoms with Crippen LogP contribution in [0.5, 0.6) is 0 Å². The number of thiophene rings is 1. The Hall–Kier alpha value is -2.38. The summed E-state index contributed by atoms with van der Waals surface area (Å²) in [5.74, 6) is -0.267. The van der Waals surface area contributed by atoms with Crippen molar-refractivity contribution in [3.05, 3.63) is 51.5 Å². The molecule has 136 valence electrons. The van der Waals surface area contributed by atoms with E-state index in [1.165, 1.54) is 18.3 Å². The van der Waals surface area contributed by atoms with Crippen LogP contribution in [0.3, 0.4) is 0 Å². The van der Waals surface area contributed by atoms with Crippen LogP contribution in [0.4, 0.5) is 0 Å². The molecule has 0 unspecified atom stereocenters. The van der Waals surface area contributed by atoms with Crippen LogP contribution in [0.25, 0.3) is 10.2 Å². The van der Waals surface area contributed by atoms with Gasteiger partial charge in [0.1, 0.15) is 4.83 Å². The molecule has 0 saturated heterocycles. The lowest BCUT2D eigenvalue weighted by Gasteiger charge is -2.05. The molecule has 0 bridgehead atoms. The molecule has 2 heterocycles. The van der Waals surface area contributed by atoms with Crippen LogP contribution in [-0.2, 0) is 11.3 Å². The summed E-state index contributed by atoms with van der Waals surface area (Å²) in [6.45, 7) is 4.72. The van der Waals surface area contributed by atoms with Crippen LogP contribution in [0.2, 0.25) is 5.02 Å². The molecular weight excluding hydrogens is 372 g/mol. The van der Waals surface area contributed by atoms with E-state index in [0.29, 0.717) is 29.5 Å². The summed E-state index contributed by atoms with van der Waals surface area (Å²) < 4.78 is 1.88. The van der Waals surface area contributed by atoms with E-state index in [-0.39, 0.29) is 11.8 Å². The molecule has 1 aromatic carbocycles. The topological polar surface area (TPSA) is 76.0 Å². The average molecular weight is 391 g/mol. The van der Waals surface area contributed by atoms with E-state index in [4.69, 9.17) is 11.6 Å². The molecule has 3 aromatic rings. The van der Waals surface area contributed by atoms with Gasteiger partial charge in [0.2, 0.25) is 5.91 Å². The summed E-state index contributed by atoms with van der Waals surface area (Å²) in [5, 5.41) is 11.7. The number of rotatable bonds is 6. The van der Waals surface area contributed by atoms with E-state index >= 15 is 0 Å². The zero-order valence-corrected chi connectivity index (χ0v) is 16.1. The van der Waals surface area contributed by atoms with Crippen molar-refractivity contribution in [3.8, 4) is 0 Å². The minimum Gasteiger partial charge on any atom is -0.355 e. The number of carbonyl (C=O) groups excluding carboxylic acids is 2. The van der Waals surface area contributed by atoms with Gasteiger partial charge in [0.05, 0.1) is 17.1 Å². The Balaban J connectivity index is 1.77. The number of hydrogen-bond donors (Lipinski definition) is 2. The lowest BCUT2D eigenvalue weighted by molar-refractivity contribution is -0.118. The number of nitrogens with zero attached hydrogens (tertiary/aromatic N) is 2. The third-order valence-corrected chi connectivity index (χ3v) is 5.41. The van der Waals surface area contributed by atoms with Gasteiger partial charge >= 0.3 is 0 Å². The lowest BCUT2D eigenvalue weighted by atomic mass is 10.2. The van der Waals surface area contributed by atoms with Gasteiger partial charge in [0.25, 0.3) is 5.91 Å². The highest BCUT2D eigenvalue weighted by atomic mass is 35.5. The number of aryl methyl sites for hydroxylation is 1. The molecule has 0 aliphatic rings.